The monoisotopic (exact) mass is 315 g/mol. The Balaban J connectivity index is 1.80. The predicted molar refractivity (Wildman–Crippen MR) is 82.4 cm³/mol. The van der Waals surface area contributed by atoms with Gasteiger partial charge in [-0.3, -0.25) is 19.1 Å². The number of imide groups is 1. The average Bonchev–Trinajstić information content (AvgIpc) is 2.73. The van der Waals surface area contributed by atoms with Crippen molar-refractivity contribution in [2.75, 3.05) is 13.0 Å². The molecular formula is C16H14NO4P. The molecule has 2 amide bonds. The Labute approximate surface area is 128 Å². The van der Waals surface area contributed by atoms with E-state index in [0.29, 0.717) is 16.9 Å². The predicted octanol–water partition coefficient (Wildman–Crippen LogP) is 3.23. The van der Waals surface area contributed by atoms with Gasteiger partial charge in [-0.25, -0.2) is 0 Å². The summed E-state index contributed by atoms with van der Waals surface area (Å²) in [7, 11) is -3.18. The molecule has 0 bridgehead atoms. The van der Waals surface area contributed by atoms with E-state index in [-0.39, 0.29) is 6.29 Å². The molecule has 5 nitrogen and oxygen atoms in total. The number of carbonyl (C=O) groups excluding carboxylic acids is 2. The summed E-state index contributed by atoms with van der Waals surface area (Å²) < 4.78 is 18.1. The summed E-state index contributed by atoms with van der Waals surface area (Å²) >= 11 is 0. The van der Waals surface area contributed by atoms with Crippen LogP contribution in [0.15, 0.2) is 54.6 Å². The molecule has 3 rings (SSSR count). The minimum Gasteiger partial charge on any atom is -0.442 e. The van der Waals surface area contributed by atoms with Gasteiger partial charge < -0.3 is 4.52 Å². The largest absolute Gasteiger partial charge is 0.442 e. The molecule has 0 saturated carbocycles. The molecule has 2 aromatic carbocycles. The summed E-state index contributed by atoms with van der Waals surface area (Å²) in [5.74, 6) is -0.413. The molecule has 0 aliphatic carbocycles. The maximum atomic E-state index is 12.6. The van der Waals surface area contributed by atoms with E-state index in [1.54, 1.807) is 48.5 Å². The number of fused-ring (bicyclic) bond motifs is 1. The maximum Gasteiger partial charge on any atom is 0.264 e. The van der Waals surface area contributed by atoms with Gasteiger partial charge in [-0.05, 0) is 24.3 Å². The molecule has 0 saturated heterocycles. The second-order valence-electron chi connectivity index (χ2n) is 5.14. The summed E-state index contributed by atoms with van der Waals surface area (Å²) in [6.07, 6.45) is -0.242. The molecular weight excluding hydrogens is 301 g/mol. The van der Waals surface area contributed by atoms with Gasteiger partial charge in [-0.1, -0.05) is 30.3 Å². The van der Waals surface area contributed by atoms with E-state index in [1.807, 2.05) is 6.07 Å². The smallest absolute Gasteiger partial charge is 0.264 e. The van der Waals surface area contributed by atoms with Crippen LogP contribution in [0.2, 0.25) is 0 Å². The minimum atomic E-state index is -3.18. The van der Waals surface area contributed by atoms with E-state index < -0.39 is 19.2 Å². The summed E-state index contributed by atoms with van der Waals surface area (Å²) in [6, 6.07) is 15.3. The highest BCUT2D eigenvalue weighted by molar-refractivity contribution is 7.58. The van der Waals surface area contributed by atoms with Crippen molar-refractivity contribution in [1.29, 1.82) is 0 Å². The summed E-state index contributed by atoms with van der Waals surface area (Å²) in [6.45, 7) is 1.42. The van der Waals surface area contributed by atoms with Crippen LogP contribution in [0.4, 0.5) is 0 Å². The molecule has 112 valence electrons. The number of carbonyl (C=O) groups is 2. The third-order valence-electron chi connectivity index (χ3n) is 3.32. The summed E-state index contributed by atoms with van der Waals surface area (Å²) in [4.78, 5) is 25.5. The average molecular weight is 315 g/mol. The van der Waals surface area contributed by atoms with Crippen molar-refractivity contribution in [3.63, 3.8) is 0 Å². The molecule has 0 radical (unpaired) electrons. The van der Waals surface area contributed by atoms with Gasteiger partial charge >= 0.3 is 0 Å². The Bertz CT molecular complexity index is 753. The van der Waals surface area contributed by atoms with Crippen molar-refractivity contribution in [1.82, 2.24) is 4.90 Å². The van der Waals surface area contributed by atoms with Crippen LogP contribution in [0, 0.1) is 0 Å². The Morgan fingerprint density at radius 3 is 1.95 bits per heavy atom. The Morgan fingerprint density at radius 1 is 0.909 bits per heavy atom. The molecule has 22 heavy (non-hydrogen) atoms. The van der Waals surface area contributed by atoms with Crippen molar-refractivity contribution < 1.29 is 18.7 Å². The van der Waals surface area contributed by atoms with E-state index in [9.17, 15) is 14.2 Å². The van der Waals surface area contributed by atoms with Crippen LogP contribution < -0.4 is 4.52 Å². The number of hydrogen-bond donors (Lipinski definition) is 0. The second kappa shape index (κ2) is 5.43. The van der Waals surface area contributed by atoms with E-state index >= 15 is 0 Å². The fourth-order valence-corrected chi connectivity index (χ4v) is 3.75. The van der Waals surface area contributed by atoms with Crippen molar-refractivity contribution in [3.8, 4) is 5.75 Å². The number of para-hydroxylation sites is 1. The van der Waals surface area contributed by atoms with Gasteiger partial charge in [0.1, 0.15) is 12.0 Å². The van der Waals surface area contributed by atoms with Crippen LogP contribution >= 0.6 is 7.37 Å². The van der Waals surface area contributed by atoms with Gasteiger partial charge in [0.15, 0.2) is 0 Å². The van der Waals surface area contributed by atoms with Gasteiger partial charge in [0.25, 0.3) is 19.2 Å². The highest BCUT2D eigenvalue weighted by Gasteiger charge is 2.38. The molecule has 1 aliphatic rings. The van der Waals surface area contributed by atoms with Gasteiger partial charge in [0, 0.05) is 6.66 Å². The first-order valence-electron chi connectivity index (χ1n) is 6.74. The lowest BCUT2D eigenvalue weighted by Crippen LogP contribution is -2.31. The van der Waals surface area contributed by atoms with Crippen LogP contribution in [0.5, 0.6) is 5.75 Å². The highest BCUT2D eigenvalue weighted by Crippen LogP contribution is 2.45. The van der Waals surface area contributed by atoms with E-state index in [4.69, 9.17) is 4.52 Å². The lowest BCUT2D eigenvalue weighted by atomic mass is 10.1. The number of rotatable bonds is 4. The van der Waals surface area contributed by atoms with Gasteiger partial charge in [0.2, 0.25) is 0 Å². The molecule has 0 fully saturated rings. The molecule has 2 aromatic rings. The lowest BCUT2D eigenvalue weighted by molar-refractivity contribution is 0.0677. The molecule has 6 heteroatoms. The third kappa shape index (κ3) is 2.68. The van der Waals surface area contributed by atoms with Gasteiger partial charge in [0.05, 0.1) is 11.1 Å². The molecule has 1 heterocycles. The second-order valence-corrected chi connectivity index (χ2v) is 7.64. The first-order valence-corrected chi connectivity index (χ1v) is 9.00. The number of nitrogens with zero attached hydrogens (tertiary/aromatic N) is 1. The van der Waals surface area contributed by atoms with Crippen molar-refractivity contribution in [2.24, 2.45) is 0 Å². The number of hydrogen-bond acceptors (Lipinski definition) is 4. The van der Waals surface area contributed by atoms with Crippen LogP contribution in [-0.2, 0) is 4.57 Å². The third-order valence-corrected chi connectivity index (χ3v) is 4.71. The molecule has 0 aromatic heterocycles. The molecule has 1 aliphatic heterocycles. The number of benzene rings is 2. The molecule has 0 N–H and O–H groups in total. The normalized spacial score (nSPS) is 16.3. The fourth-order valence-electron chi connectivity index (χ4n) is 2.36. The maximum absolute atomic E-state index is 12.6. The van der Waals surface area contributed by atoms with Gasteiger partial charge in [-0.2, -0.15) is 0 Å². The quantitative estimate of drug-likeness (QED) is 0.642. The van der Waals surface area contributed by atoms with Crippen LogP contribution in [0.25, 0.3) is 0 Å². The van der Waals surface area contributed by atoms with E-state index in [1.165, 1.54) is 6.66 Å². The van der Waals surface area contributed by atoms with Crippen molar-refractivity contribution >= 4 is 19.2 Å². The Hall–Kier alpha value is -2.39. The zero-order valence-corrected chi connectivity index (χ0v) is 12.8. The Morgan fingerprint density at radius 2 is 1.41 bits per heavy atom. The first-order chi connectivity index (χ1) is 10.5. The Kier molecular flexibility index (Phi) is 3.59. The minimum absolute atomic E-state index is 0.242. The highest BCUT2D eigenvalue weighted by atomic mass is 31.2. The van der Waals surface area contributed by atoms with Crippen LogP contribution in [0.3, 0.4) is 0 Å². The zero-order chi connectivity index (χ0) is 15.7. The van der Waals surface area contributed by atoms with Crippen LogP contribution in [0.1, 0.15) is 20.7 Å². The zero-order valence-electron chi connectivity index (χ0n) is 11.9. The van der Waals surface area contributed by atoms with Crippen molar-refractivity contribution in [2.45, 2.75) is 0 Å². The summed E-state index contributed by atoms with van der Waals surface area (Å²) in [5.41, 5.74) is 0.680. The fraction of sp³-hybridized carbons (Fsp3) is 0.125. The van der Waals surface area contributed by atoms with Crippen LogP contribution in [-0.4, -0.2) is 29.7 Å². The molecule has 1 atom stereocenters. The van der Waals surface area contributed by atoms with E-state index in [0.717, 1.165) is 4.90 Å². The SMILES string of the molecule is CP(=O)(CN1C(=O)c2ccccc2C1=O)Oc1ccccc1. The van der Waals surface area contributed by atoms with Crippen molar-refractivity contribution in [3.05, 3.63) is 65.7 Å². The first kappa shape index (κ1) is 14.5. The molecule has 1 unspecified atom stereocenters. The van der Waals surface area contributed by atoms with E-state index in [2.05, 4.69) is 0 Å². The van der Waals surface area contributed by atoms with Gasteiger partial charge in [-0.15, -0.1) is 0 Å². The molecule has 0 spiro atoms. The lowest BCUT2D eigenvalue weighted by Gasteiger charge is -2.20. The topological polar surface area (TPSA) is 63.7 Å². The standard InChI is InChI=1S/C16H14NO4P/c1-22(20,21-12-7-3-2-4-8-12)11-17-15(18)13-9-5-6-10-14(13)16(17)19/h2-10H,11H2,1H3. The summed E-state index contributed by atoms with van der Waals surface area (Å²) in [5, 5.41) is 0. The number of amides is 2.